The van der Waals surface area contributed by atoms with Crippen LogP contribution >= 0.6 is 0 Å². The standard InChI is InChI=1S/C17H23N3O6S/c1-11-2-4-13(5-3-11)18-27(25,26)14-6-7-15(16(8-14)20(23)24)19-9-12(10-19)17(21)22/h6-8,11-13,18H,2-5,9-10H2,1H3,(H,21,22). The summed E-state index contributed by atoms with van der Waals surface area (Å²) < 4.78 is 27.9. The normalized spacial score (nSPS) is 23.7. The fourth-order valence-corrected chi connectivity index (χ4v) is 4.91. The summed E-state index contributed by atoms with van der Waals surface area (Å²) >= 11 is 0. The third kappa shape index (κ3) is 4.22. The molecule has 27 heavy (non-hydrogen) atoms. The molecule has 148 valence electrons. The molecule has 1 aliphatic heterocycles. The Balaban J connectivity index is 1.79. The lowest BCUT2D eigenvalue weighted by Gasteiger charge is -2.38. The minimum atomic E-state index is -3.86. The van der Waals surface area contributed by atoms with Gasteiger partial charge in [-0.05, 0) is 43.7 Å². The number of nitro groups is 1. The van der Waals surface area contributed by atoms with E-state index in [2.05, 4.69) is 11.6 Å². The summed E-state index contributed by atoms with van der Waals surface area (Å²) in [5.74, 6) is -0.931. The maximum Gasteiger partial charge on any atom is 0.310 e. The third-order valence-corrected chi connectivity index (χ3v) is 6.88. The monoisotopic (exact) mass is 397 g/mol. The number of carboxylic acids is 1. The molecular formula is C17H23N3O6S. The van der Waals surface area contributed by atoms with Crippen molar-refractivity contribution in [3.05, 3.63) is 28.3 Å². The van der Waals surface area contributed by atoms with Gasteiger partial charge < -0.3 is 10.0 Å². The van der Waals surface area contributed by atoms with Gasteiger partial charge in [0.25, 0.3) is 5.69 Å². The Hall–Kier alpha value is -2.20. The van der Waals surface area contributed by atoms with Gasteiger partial charge in [-0.1, -0.05) is 6.92 Å². The molecule has 0 radical (unpaired) electrons. The van der Waals surface area contributed by atoms with Crippen LogP contribution in [0.3, 0.4) is 0 Å². The fourth-order valence-electron chi connectivity index (χ4n) is 3.58. The Kier molecular flexibility index (Phi) is 5.38. The van der Waals surface area contributed by atoms with Crippen molar-refractivity contribution in [3.8, 4) is 0 Å². The summed E-state index contributed by atoms with van der Waals surface area (Å²) in [6.45, 7) is 2.47. The van der Waals surface area contributed by atoms with E-state index in [9.17, 15) is 23.3 Å². The van der Waals surface area contributed by atoms with E-state index in [-0.39, 0.29) is 35.4 Å². The van der Waals surface area contributed by atoms with Crippen LogP contribution in [0.4, 0.5) is 11.4 Å². The highest BCUT2D eigenvalue weighted by Gasteiger charge is 2.36. The van der Waals surface area contributed by atoms with Gasteiger partial charge in [0.2, 0.25) is 10.0 Å². The van der Waals surface area contributed by atoms with Gasteiger partial charge in [0, 0.05) is 25.2 Å². The van der Waals surface area contributed by atoms with E-state index in [0.717, 1.165) is 31.7 Å². The lowest BCUT2D eigenvalue weighted by molar-refractivity contribution is -0.384. The van der Waals surface area contributed by atoms with E-state index in [1.165, 1.54) is 12.1 Å². The van der Waals surface area contributed by atoms with E-state index in [0.29, 0.717) is 5.92 Å². The fraction of sp³-hybridized carbons (Fsp3) is 0.588. The molecule has 0 aromatic heterocycles. The number of carboxylic acid groups (broad SMARTS) is 1. The molecule has 0 amide bonds. The first-order valence-electron chi connectivity index (χ1n) is 8.96. The van der Waals surface area contributed by atoms with Crippen molar-refractivity contribution in [1.82, 2.24) is 4.72 Å². The molecule has 9 nitrogen and oxygen atoms in total. The van der Waals surface area contributed by atoms with Gasteiger partial charge in [-0.25, -0.2) is 13.1 Å². The van der Waals surface area contributed by atoms with Crippen molar-refractivity contribution < 1.29 is 23.2 Å². The zero-order chi connectivity index (χ0) is 19.8. The molecule has 2 N–H and O–H groups in total. The molecule has 2 aliphatic rings. The van der Waals surface area contributed by atoms with Crippen molar-refractivity contribution in [3.63, 3.8) is 0 Å². The van der Waals surface area contributed by atoms with Crippen LogP contribution in [0.1, 0.15) is 32.6 Å². The third-order valence-electron chi connectivity index (χ3n) is 5.36. The Labute approximate surface area is 157 Å². The van der Waals surface area contributed by atoms with Crippen LogP contribution in [0.15, 0.2) is 23.1 Å². The van der Waals surface area contributed by atoms with E-state index in [1.54, 1.807) is 4.90 Å². The van der Waals surface area contributed by atoms with E-state index in [4.69, 9.17) is 5.11 Å². The zero-order valence-corrected chi connectivity index (χ0v) is 15.8. The molecule has 0 bridgehead atoms. The van der Waals surface area contributed by atoms with Crippen molar-refractivity contribution in [1.29, 1.82) is 0 Å². The van der Waals surface area contributed by atoms with Gasteiger partial charge in [-0.3, -0.25) is 14.9 Å². The number of anilines is 1. The summed E-state index contributed by atoms with van der Waals surface area (Å²) in [4.78, 5) is 23.2. The number of hydrogen-bond donors (Lipinski definition) is 2. The number of carbonyl (C=O) groups is 1. The molecule has 2 fully saturated rings. The summed E-state index contributed by atoms with van der Waals surface area (Å²) in [7, 11) is -3.86. The number of sulfonamides is 1. The summed E-state index contributed by atoms with van der Waals surface area (Å²) in [5.41, 5.74) is -0.0954. The predicted octanol–water partition coefficient (Wildman–Crippen LogP) is 1.97. The van der Waals surface area contributed by atoms with Crippen molar-refractivity contribution in [2.24, 2.45) is 11.8 Å². The van der Waals surface area contributed by atoms with Crippen LogP contribution in [-0.2, 0) is 14.8 Å². The number of rotatable bonds is 6. The Morgan fingerprint density at radius 3 is 2.44 bits per heavy atom. The Morgan fingerprint density at radius 2 is 1.89 bits per heavy atom. The lowest BCUT2D eigenvalue weighted by atomic mass is 9.88. The molecule has 1 saturated heterocycles. The maximum atomic E-state index is 12.6. The van der Waals surface area contributed by atoms with Gasteiger partial charge in [0.1, 0.15) is 5.69 Å². The molecule has 0 unspecified atom stereocenters. The van der Waals surface area contributed by atoms with Gasteiger partial charge in [-0.15, -0.1) is 0 Å². The van der Waals surface area contributed by atoms with Crippen LogP contribution in [0.5, 0.6) is 0 Å². The largest absolute Gasteiger partial charge is 0.481 e. The Bertz CT molecular complexity index is 842. The van der Waals surface area contributed by atoms with Crippen LogP contribution in [0, 0.1) is 22.0 Å². The number of nitro benzene ring substituents is 1. The zero-order valence-electron chi connectivity index (χ0n) is 15.0. The maximum absolute atomic E-state index is 12.6. The summed E-state index contributed by atoms with van der Waals surface area (Å²) in [5, 5.41) is 20.4. The number of nitrogens with one attached hydrogen (secondary N) is 1. The average molecular weight is 397 g/mol. The van der Waals surface area contributed by atoms with Crippen molar-refractivity contribution in [2.45, 2.75) is 43.5 Å². The van der Waals surface area contributed by atoms with Crippen molar-refractivity contribution >= 4 is 27.4 Å². The van der Waals surface area contributed by atoms with Gasteiger partial charge >= 0.3 is 5.97 Å². The smallest absolute Gasteiger partial charge is 0.310 e. The molecule has 10 heteroatoms. The molecule has 3 rings (SSSR count). The second kappa shape index (κ2) is 7.43. The first kappa shape index (κ1) is 19.6. The van der Waals surface area contributed by atoms with Gasteiger partial charge in [0.15, 0.2) is 0 Å². The van der Waals surface area contributed by atoms with Crippen molar-refractivity contribution in [2.75, 3.05) is 18.0 Å². The predicted molar refractivity (Wildman–Crippen MR) is 98.2 cm³/mol. The second-order valence-electron chi connectivity index (χ2n) is 7.43. The Morgan fingerprint density at radius 1 is 1.26 bits per heavy atom. The molecule has 1 aromatic carbocycles. The first-order chi connectivity index (χ1) is 12.7. The molecule has 0 spiro atoms. The SMILES string of the molecule is CC1CCC(NS(=O)(=O)c2ccc(N3CC(C(=O)O)C3)c([N+](=O)[O-])c2)CC1. The quantitative estimate of drug-likeness (QED) is 0.554. The minimum Gasteiger partial charge on any atom is -0.481 e. The van der Waals surface area contributed by atoms with Crippen LogP contribution in [0.2, 0.25) is 0 Å². The molecule has 1 heterocycles. The summed E-state index contributed by atoms with van der Waals surface area (Å²) in [6.07, 6.45) is 3.41. The molecule has 1 aliphatic carbocycles. The van der Waals surface area contributed by atoms with Gasteiger partial charge in [0.05, 0.1) is 15.7 Å². The highest BCUT2D eigenvalue weighted by atomic mass is 32.2. The van der Waals surface area contributed by atoms with Crippen LogP contribution < -0.4 is 9.62 Å². The number of aliphatic carboxylic acids is 1. The summed E-state index contributed by atoms with van der Waals surface area (Å²) in [6, 6.07) is 3.62. The van der Waals surface area contributed by atoms with Gasteiger partial charge in [-0.2, -0.15) is 0 Å². The second-order valence-corrected chi connectivity index (χ2v) is 9.14. The van der Waals surface area contributed by atoms with E-state index >= 15 is 0 Å². The first-order valence-corrected chi connectivity index (χ1v) is 10.4. The highest BCUT2D eigenvalue weighted by molar-refractivity contribution is 7.89. The molecule has 1 aromatic rings. The topological polar surface area (TPSA) is 130 Å². The number of hydrogen-bond acceptors (Lipinski definition) is 6. The molecular weight excluding hydrogens is 374 g/mol. The van der Waals surface area contributed by atoms with Crippen LogP contribution in [0.25, 0.3) is 0 Å². The highest BCUT2D eigenvalue weighted by Crippen LogP contribution is 2.35. The lowest BCUT2D eigenvalue weighted by Crippen LogP contribution is -2.50. The van der Waals surface area contributed by atoms with E-state index < -0.39 is 26.8 Å². The minimum absolute atomic E-state index is 0.146. The molecule has 0 atom stereocenters. The average Bonchev–Trinajstić information content (AvgIpc) is 2.55. The van der Waals surface area contributed by atoms with Crippen LogP contribution in [-0.4, -0.2) is 43.5 Å². The molecule has 1 saturated carbocycles. The van der Waals surface area contributed by atoms with E-state index in [1.807, 2.05) is 0 Å². The number of benzene rings is 1. The number of nitrogens with zero attached hydrogens (tertiary/aromatic N) is 2.